The largest absolute Gasteiger partial charge is 0.311 e. The second-order valence-corrected chi connectivity index (χ2v) is 5.84. The van der Waals surface area contributed by atoms with Crippen molar-refractivity contribution in [3.05, 3.63) is 89.5 Å². The molecule has 0 fully saturated rings. The van der Waals surface area contributed by atoms with Gasteiger partial charge in [0.25, 0.3) is 0 Å². The third-order valence-corrected chi connectivity index (χ3v) is 3.88. The highest BCUT2D eigenvalue weighted by molar-refractivity contribution is 5.76. The monoisotopic (exact) mass is 317 g/mol. The Bertz CT molecular complexity index is 629. The molecule has 0 atom stereocenters. The van der Waals surface area contributed by atoms with Crippen LogP contribution in [0.2, 0.25) is 0 Å². The van der Waals surface area contributed by atoms with Gasteiger partial charge in [0.1, 0.15) is 0 Å². The van der Waals surface area contributed by atoms with Gasteiger partial charge in [-0.3, -0.25) is 0 Å². The molecule has 1 heteroatoms. The summed E-state index contributed by atoms with van der Waals surface area (Å²) in [5.41, 5.74) is 7.36. The number of hydrogen-bond acceptors (Lipinski definition) is 1. The summed E-state index contributed by atoms with van der Waals surface area (Å²) in [4.78, 5) is 2.29. The molecule has 124 valence electrons. The summed E-state index contributed by atoms with van der Waals surface area (Å²) in [6.45, 7) is 10.4. The average Bonchev–Trinajstić information content (AvgIpc) is 2.62. The highest BCUT2D eigenvalue weighted by atomic mass is 15.1. The van der Waals surface area contributed by atoms with E-state index < -0.39 is 0 Å². The number of benzene rings is 3. The second-order valence-electron chi connectivity index (χ2n) is 5.84. The molecule has 0 aliphatic carbocycles. The standard InChI is InChI=1S/C21H21N.C2H6/c1-16-4-10-19(11-5-16)22(20-12-6-17(2)7-13-20)21-14-8-18(3)9-15-21;1-2/h4-15H,1-3H3;1-2H3. The third-order valence-electron chi connectivity index (χ3n) is 3.88. The van der Waals surface area contributed by atoms with Gasteiger partial charge in [0.15, 0.2) is 0 Å². The van der Waals surface area contributed by atoms with E-state index in [1.54, 1.807) is 0 Å². The normalized spacial score (nSPS) is 9.88. The summed E-state index contributed by atoms with van der Waals surface area (Å²) in [5, 5.41) is 0. The smallest absolute Gasteiger partial charge is 0.0461 e. The molecule has 0 spiro atoms. The first-order valence-electron chi connectivity index (χ1n) is 8.63. The molecule has 0 heterocycles. The fourth-order valence-electron chi connectivity index (χ4n) is 2.53. The van der Waals surface area contributed by atoms with Crippen LogP contribution in [0.1, 0.15) is 30.5 Å². The first-order chi connectivity index (χ1) is 11.6. The zero-order valence-electron chi connectivity index (χ0n) is 15.4. The van der Waals surface area contributed by atoms with Crippen LogP contribution < -0.4 is 4.90 Å². The van der Waals surface area contributed by atoms with Crippen LogP contribution in [-0.4, -0.2) is 0 Å². The maximum atomic E-state index is 2.29. The first-order valence-corrected chi connectivity index (χ1v) is 8.63. The lowest BCUT2D eigenvalue weighted by molar-refractivity contribution is 1.26. The number of hydrogen-bond donors (Lipinski definition) is 0. The number of rotatable bonds is 3. The van der Waals surface area contributed by atoms with Crippen molar-refractivity contribution in [1.82, 2.24) is 0 Å². The SMILES string of the molecule is CC.Cc1ccc(N(c2ccc(C)cc2)c2ccc(C)cc2)cc1. The van der Waals surface area contributed by atoms with Gasteiger partial charge in [-0.05, 0) is 57.2 Å². The van der Waals surface area contributed by atoms with Crippen molar-refractivity contribution in [3.63, 3.8) is 0 Å². The van der Waals surface area contributed by atoms with E-state index in [2.05, 4.69) is 98.5 Å². The van der Waals surface area contributed by atoms with E-state index in [0.717, 1.165) is 0 Å². The zero-order valence-corrected chi connectivity index (χ0v) is 15.4. The van der Waals surface area contributed by atoms with Gasteiger partial charge in [-0.25, -0.2) is 0 Å². The molecule has 0 amide bonds. The summed E-state index contributed by atoms with van der Waals surface area (Å²) < 4.78 is 0. The van der Waals surface area contributed by atoms with Gasteiger partial charge in [0.05, 0.1) is 0 Å². The van der Waals surface area contributed by atoms with E-state index in [0.29, 0.717) is 0 Å². The molecule has 0 bridgehead atoms. The Morgan fingerprint density at radius 3 is 0.833 bits per heavy atom. The van der Waals surface area contributed by atoms with Crippen LogP contribution in [0.4, 0.5) is 17.1 Å². The van der Waals surface area contributed by atoms with Crippen molar-refractivity contribution < 1.29 is 0 Å². The summed E-state index contributed by atoms with van der Waals surface area (Å²) >= 11 is 0. The van der Waals surface area contributed by atoms with Crippen LogP contribution in [0.25, 0.3) is 0 Å². The Labute approximate surface area is 146 Å². The summed E-state index contributed by atoms with van der Waals surface area (Å²) in [7, 11) is 0. The molecule has 3 aromatic rings. The van der Waals surface area contributed by atoms with Crippen molar-refractivity contribution in [2.24, 2.45) is 0 Å². The molecule has 0 unspecified atom stereocenters. The Kier molecular flexibility index (Phi) is 6.20. The van der Waals surface area contributed by atoms with E-state index in [4.69, 9.17) is 0 Å². The zero-order chi connectivity index (χ0) is 17.5. The Morgan fingerprint density at radius 1 is 0.417 bits per heavy atom. The van der Waals surface area contributed by atoms with Gasteiger partial charge in [0, 0.05) is 17.1 Å². The molecule has 0 radical (unpaired) electrons. The van der Waals surface area contributed by atoms with E-state index in [1.807, 2.05) is 13.8 Å². The number of nitrogens with zero attached hydrogens (tertiary/aromatic N) is 1. The molecule has 0 aliphatic heterocycles. The Hall–Kier alpha value is -2.54. The van der Waals surface area contributed by atoms with Crippen LogP contribution in [0.3, 0.4) is 0 Å². The van der Waals surface area contributed by atoms with E-state index >= 15 is 0 Å². The van der Waals surface area contributed by atoms with Gasteiger partial charge in [0.2, 0.25) is 0 Å². The molecule has 24 heavy (non-hydrogen) atoms. The highest BCUT2D eigenvalue weighted by Crippen LogP contribution is 2.34. The molecular weight excluding hydrogens is 290 g/mol. The van der Waals surface area contributed by atoms with Crippen molar-refractivity contribution in [1.29, 1.82) is 0 Å². The molecule has 0 aromatic heterocycles. The van der Waals surface area contributed by atoms with Crippen molar-refractivity contribution >= 4 is 17.1 Å². The summed E-state index contributed by atoms with van der Waals surface area (Å²) in [6.07, 6.45) is 0. The van der Waals surface area contributed by atoms with E-state index in [1.165, 1.54) is 33.8 Å². The second kappa shape index (κ2) is 8.35. The predicted octanol–water partition coefficient (Wildman–Crippen LogP) is 7.11. The summed E-state index contributed by atoms with van der Waals surface area (Å²) in [6, 6.07) is 26.0. The third kappa shape index (κ3) is 4.26. The molecule has 3 aromatic carbocycles. The van der Waals surface area contributed by atoms with Crippen LogP contribution in [0, 0.1) is 20.8 Å². The average molecular weight is 317 g/mol. The maximum Gasteiger partial charge on any atom is 0.0461 e. The van der Waals surface area contributed by atoms with Gasteiger partial charge in [-0.2, -0.15) is 0 Å². The minimum atomic E-state index is 1.18. The molecule has 0 saturated carbocycles. The van der Waals surface area contributed by atoms with Crippen LogP contribution in [-0.2, 0) is 0 Å². The minimum absolute atomic E-state index is 1.18. The lowest BCUT2D eigenvalue weighted by Gasteiger charge is -2.25. The Balaban J connectivity index is 0.00000100. The fourth-order valence-corrected chi connectivity index (χ4v) is 2.53. The van der Waals surface area contributed by atoms with Gasteiger partial charge in [-0.15, -0.1) is 0 Å². The van der Waals surface area contributed by atoms with Gasteiger partial charge >= 0.3 is 0 Å². The molecule has 3 rings (SSSR count). The maximum absolute atomic E-state index is 2.29. The van der Waals surface area contributed by atoms with E-state index in [9.17, 15) is 0 Å². The van der Waals surface area contributed by atoms with E-state index in [-0.39, 0.29) is 0 Å². The minimum Gasteiger partial charge on any atom is -0.311 e. The summed E-state index contributed by atoms with van der Waals surface area (Å²) in [5.74, 6) is 0. The van der Waals surface area contributed by atoms with Crippen LogP contribution in [0.5, 0.6) is 0 Å². The number of aryl methyl sites for hydroxylation is 3. The van der Waals surface area contributed by atoms with Gasteiger partial charge < -0.3 is 4.90 Å². The van der Waals surface area contributed by atoms with Crippen molar-refractivity contribution in [2.75, 3.05) is 4.90 Å². The highest BCUT2D eigenvalue weighted by Gasteiger charge is 2.11. The fraction of sp³-hybridized carbons (Fsp3) is 0.217. The Morgan fingerprint density at radius 2 is 0.625 bits per heavy atom. The quantitative estimate of drug-likeness (QED) is 0.497. The van der Waals surface area contributed by atoms with Crippen LogP contribution in [0.15, 0.2) is 72.8 Å². The molecule has 0 N–H and O–H groups in total. The molecule has 0 aliphatic rings. The van der Waals surface area contributed by atoms with Gasteiger partial charge in [-0.1, -0.05) is 66.9 Å². The topological polar surface area (TPSA) is 3.24 Å². The first kappa shape index (κ1) is 17.8. The van der Waals surface area contributed by atoms with Crippen LogP contribution >= 0.6 is 0 Å². The predicted molar refractivity (Wildman–Crippen MR) is 107 cm³/mol. The van der Waals surface area contributed by atoms with Crippen molar-refractivity contribution in [2.45, 2.75) is 34.6 Å². The molecular formula is C23H27N. The lowest BCUT2D eigenvalue weighted by atomic mass is 10.1. The number of anilines is 3. The van der Waals surface area contributed by atoms with Crippen molar-refractivity contribution in [3.8, 4) is 0 Å². The molecule has 1 nitrogen and oxygen atoms in total. The molecule has 0 saturated heterocycles. The lowest BCUT2D eigenvalue weighted by Crippen LogP contribution is -2.09.